The molecule has 1 aliphatic rings. The fourth-order valence-electron chi connectivity index (χ4n) is 4.32. The monoisotopic (exact) mass is 682 g/mol. The van der Waals surface area contributed by atoms with E-state index in [1.807, 2.05) is 11.9 Å². The molecule has 0 radical (unpaired) electrons. The van der Waals surface area contributed by atoms with Crippen molar-refractivity contribution in [3.8, 4) is 0 Å². The third-order valence-corrected chi connectivity index (χ3v) is 10.1. The zero-order valence-electron chi connectivity index (χ0n) is 27.1. The molecule has 0 saturated carbocycles. The van der Waals surface area contributed by atoms with E-state index in [1.54, 1.807) is 27.7 Å². The van der Waals surface area contributed by atoms with Crippen LogP contribution in [0.15, 0.2) is 27.0 Å². The zero-order chi connectivity index (χ0) is 34.7. The summed E-state index contributed by atoms with van der Waals surface area (Å²) in [4.78, 5) is 54.0. The van der Waals surface area contributed by atoms with Gasteiger partial charge in [-0.05, 0) is 39.1 Å². The number of aromatic nitrogens is 2. The number of rotatable bonds is 19. The minimum atomic E-state index is -4.48. The van der Waals surface area contributed by atoms with Gasteiger partial charge >= 0.3 is 19.4 Å². The number of aliphatic hydroxyl groups is 1. The molecule has 1 aliphatic heterocycles. The molecule has 3 N–H and O–H groups in total. The van der Waals surface area contributed by atoms with Crippen molar-refractivity contribution in [2.45, 2.75) is 84.5 Å². The lowest BCUT2D eigenvalue weighted by atomic mass is 9.84. The molecule has 0 aliphatic carbocycles. The Labute approximate surface area is 265 Å². The molecule has 1 fully saturated rings. The molecule has 2 unspecified atom stereocenters. The average Bonchev–Trinajstić information content (AvgIpc) is 3.26. The van der Waals surface area contributed by atoms with E-state index >= 15 is 4.39 Å². The van der Waals surface area contributed by atoms with Gasteiger partial charge in [0.2, 0.25) is 1.43 Å². The van der Waals surface area contributed by atoms with Crippen molar-refractivity contribution in [1.82, 2.24) is 14.6 Å². The smallest absolute Gasteiger partial charge is 0.406 e. The molecule has 0 spiro atoms. The Balaban J connectivity index is 2.43. The summed E-state index contributed by atoms with van der Waals surface area (Å²) in [5.74, 6) is -1.95. The van der Waals surface area contributed by atoms with Gasteiger partial charge in [0.05, 0.1) is 25.9 Å². The molecule has 6 atom stereocenters. The van der Waals surface area contributed by atoms with Crippen LogP contribution >= 0.6 is 19.5 Å². The lowest BCUT2D eigenvalue weighted by Gasteiger charge is -2.34. The predicted octanol–water partition coefficient (Wildman–Crippen LogP) is 3.22. The summed E-state index contributed by atoms with van der Waals surface area (Å²) < 4.78 is 60.5. The van der Waals surface area contributed by atoms with E-state index in [2.05, 4.69) is 20.2 Å². The number of nitrogens with one attached hydrogen (secondary N) is 2. The van der Waals surface area contributed by atoms with E-state index in [0.29, 0.717) is 6.42 Å². The number of hydrogen-bond donors (Lipinski definition) is 3. The van der Waals surface area contributed by atoms with Gasteiger partial charge in [0.1, 0.15) is 11.6 Å². The van der Waals surface area contributed by atoms with Gasteiger partial charge in [0.25, 0.3) is 5.56 Å². The van der Waals surface area contributed by atoms with Crippen LogP contribution in [-0.4, -0.2) is 83.2 Å². The Kier molecular flexibility index (Phi) is 13.8. The molecule has 254 valence electrons. The van der Waals surface area contributed by atoms with Crippen molar-refractivity contribution in [2.24, 2.45) is 16.4 Å². The van der Waals surface area contributed by atoms with Crippen LogP contribution in [0.1, 0.15) is 60.6 Å². The number of aliphatic hydroxyl groups excluding tert-OH is 1. The first kappa shape index (κ1) is 36.9. The summed E-state index contributed by atoms with van der Waals surface area (Å²) in [6.07, 6.45) is -2.71. The van der Waals surface area contributed by atoms with E-state index in [4.69, 9.17) is 25.5 Å². The summed E-state index contributed by atoms with van der Waals surface area (Å²) in [5.41, 5.74) is 4.90. The van der Waals surface area contributed by atoms with Crippen LogP contribution in [0.2, 0.25) is 0 Å². The number of carbonyl (C=O) groups excluding carboxylic acids is 2. The molecule has 45 heavy (non-hydrogen) atoms. The van der Waals surface area contributed by atoms with Crippen molar-refractivity contribution in [2.75, 3.05) is 32.1 Å². The maximum absolute atomic E-state index is 16.1. The molecule has 0 bridgehead atoms. The molecular formula is C26H42FN6O10PS. The minimum absolute atomic E-state index is 0.0791. The quantitative estimate of drug-likeness (QED) is 0.0478. The number of thioether (sulfide) groups is 1. The van der Waals surface area contributed by atoms with Gasteiger partial charge in [-0.3, -0.25) is 33.0 Å². The lowest BCUT2D eigenvalue weighted by molar-refractivity contribution is -0.149. The standard InChI is InChI=1S/C26H42FN6O10PS/c1-7-25(5,6)23(37)45-13-12-40-44(39,31-17(4)22(36)42-16(2)3)41-15-26(14-29-32-28)18(9-11-34)20(27)21(43-26)33-10-8-19(35)30-24(33)38/h8,10,16-18,20-21,34H,7,9,11-15H2,1-6H3,(H,31,39)(H,30,35,38)/t17?,18-,20+,21+,26+,44?/m0/s1/i34T. The molecule has 2 heterocycles. The number of azide groups is 1. The van der Waals surface area contributed by atoms with Crippen LogP contribution in [0.25, 0.3) is 10.4 Å². The minimum Gasteiger partial charge on any atom is -0.462 e. The van der Waals surface area contributed by atoms with E-state index in [1.165, 1.54) is 6.92 Å². The molecule has 2 rings (SSSR count). The van der Waals surface area contributed by atoms with Crippen molar-refractivity contribution in [3.05, 3.63) is 43.5 Å². The molecule has 0 amide bonds. The number of H-pyrrole nitrogens is 1. The second kappa shape index (κ2) is 16.8. The lowest BCUT2D eigenvalue weighted by Crippen LogP contribution is -2.46. The van der Waals surface area contributed by atoms with Crippen molar-refractivity contribution in [3.63, 3.8) is 0 Å². The van der Waals surface area contributed by atoms with Crippen LogP contribution in [0.4, 0.5) is 4.39 Å². The largest absolute Gasteiger partial charge is 0.462 e. The van der Waals surface area contributed by atoms with Crippen molar-refractivity contribution in [1.29, 1.82) is 1.43 Å². The molecule has 1 saturated heterocycles. The molecule has 19 heteroatoms. The second-order valence-corrected chi connectivity index (χ2v) is 14.2. The maximum Gasteiger partial charge on any atom is 0.406 e. The first-order valence-electron chi connectivity index (χ1n) is 14.7. The highest BCUT2D eigenvalue weighted by Gasteiger charge is 2.57. The number of esters is 1. The topological polar surface area (TPSA) is 224 Å². The third kappa shape index (κ3) is 10.5. The van der Waals surface area contributed by atoms with Gasteiger partial charge in [0, 0.05) is 40.9 Å². The zero-order valence-corrected chi connectivity index (χ0v) is 27.8. The third-order valence-electron chi connectivity index (χ3n) is 7.19. The van der Waals surface area contributed by atoms with Gasteiger partial charge in [-0.1, -0.05) is 37.6 Å². The van der Waals surface area contributed by atoms with Crippen LogP contribution in [0.3, 0.4) is 0 Å². The summed E-state index contributed by atoms with van der Waals surface area (Å²) in [6, 6.07) is -0.231. The van der Waals surface area contributed by atoms with E-state index in [0.717, 1.165) is 28.6 Å². The number of halogens is 1. The van der Waals surface area contributed by atoms with Crippen LogP contribution < -0.4 is 16.3 Å². The van der Waals surface area contributed by atoms with Crippen molar-refractivity contribution < 1.29 is 42.2 Å². The first-order valence-corrected chi connectivity index (χ1v) is 16.8. The summed E-state index contributed by atoms with van der Waals surface area (Å²) >= 11 is 0.967. The number of carbonyl (C=O) groups is 2. The van der Waals surface area contributed by atoms with Crippen LogP contribution in [-0.2, 0) is 32.7 Å². The molecule has 0 aromatic carbocycles. The number of aromatic amines is 1. The predicted molar refractivity (Wildman–Crippen MR) is 163 cm³/mol. The maximum atomic E-state index is 16.1. The van der Waals surface area contributed by atoms with Crippen LogP contribution in [0, 0.1) is 11.3 Å². The Hall–Kier alpha value is -2.56. The average molecular weight is 683 g/mol. The highest BCUT2D eigenvalue weighted by Crippen LogP contribution is 2.50. The molecule has 16 nitrogen and oxygen atoms in total. The molecule has 1 aromatic heterocycles. The SMILES string of the molecule is [3H]OCC[C@H]1[C@@H](F)[C@H](n2ccc(=O)[nH]c2=O)O[C@]1(CN=[N+]=[N-])COP(=O)(NC(C)C(=O)OC(C)C)OCCSC(=O)C(C)(C)CC. The summed E-state index contributed by atoms with van der Waals surface area (Å²) in [5, 5.41) is 10.3. The van der Waals surface area contributed by atoms with Gasteiger partial charge < -0.3 is 14.6 Å². The number of hydrogen-bond acceptors (Lipinski definition) is 12. The van der Waals surface area contributed by atoms with E-state index < -0.39 is 79.6 Å². The van der Waals surface area contributed by atoms with E-state index in [9.17, 15) is 23.7 Å². The fraction of sp³-hybridized carbons (Fsp3) is 0.769. The van der Waals surface area contributed by atoms with Crippen molar-refractivity contribution >= 4 is 30.6 Å². The summed E-state index contributed by atoms with van der Waals surface area (Å²) in [7, 11) is -4.48. The number of alkyl halides is 1. The summed E-state index contributed by atoms with van der Waals surface area (Å²) in [6.45, 7) is 8.16. The van der Waals surface area contributed by atoms with E-state index in [-0.39, 0.29) is 30.5 Å². The van der Waals surface area contributed by atoms with Crippen LogP contribution in [0.5, 0.6) is 0 Å². The second-order valence-electron chi connectivity index (χ2n) is 11.3. The highest BCUT2D eigenvalue weighted by molar-refractivity contribution is 8.13. The first-order chi connectivity index (χ1) is 21.5. The Morgan fingerprint density at radius 2 is 2.11 bits per heavy atom. The Morgan fingerprint density at radius 3 is 2.71 bits per heavy atom. The Morgan fingerprint density at radius 1 is 1.40 bits per heavy atom. The molecule has 1 aromatic rings. The Bertz CT molecular complexity index is 1410. The number of ether oxygens (including phenoxy) is 2. The molecular weight excluding hydrogens is 638 g/mol. The normalized spacial score (nSPS) is 24.0. The highest BCUT2D eigenvalue weighted by atomic mass is 32.2. The van der Waals surface area contributed by atoms with Gasteiger partial charge in [-0.25, -0.2) is 18.8 Å². The number of nitrogens with zero attached hydrogens (tertiary/aromatic N) is 4. The van der Waals surface area contributed by atoms with Gasteiger partial charge in [-0.15, -0.1) is 0 Å². The van der Waals surface area contributed by atoms with Gasteiger partial charge in [0.15, 0.2) is 17.5 Å². The fourth-order valence-corrected chi connectivity index (χ4v) is 6.86. The van der Waals surface area contributed by atoms with Gasteiger partial charge in [-0.2, -0.15) is 0 Å².